The summed E-state index contributed by atoms with van der Waals surface area (Å²) >= 11 is 0. The highest BCUT2D eigenvalue weighted by atomic mass is 16.5. The lowest BCUT2D eigenvalue weighted by atomic mass is 9.78. The van der Waals surface area contributed by atoms with Crippen molar-refractivity contribution in [2.24, 2.45) is 0 Å². The van der Waals surface area contributed by atoms with E-state index < -0.39 is 5.60 Å². The Morgan fingerprint density at radius 3 is 2.79 bits per heavy atom. The Morgan fingerprint density at radius 2 is 2.11 bits per heavy atom. The van der Waals surface area contributed by atoms with Crippen LogP contribution in [0.15, 0.2) is 24.3 Å². The van der Waals surface area contributed by atoms with Crippen LogP contribution in [0, 0.1) is 0 Å². The minimum absolute atomic E-state index is 0.244. The summed E-state index contributed by atoms with van der Waals surface area (Å²) in [4.78, 5) is 0. The Hall–Kier alpha value is -1.10. The van der Waals surface area contributed by atoms with Gasteiger partial charge in [-0.2, -0.15) is 0 Å². The average molecular weight is 263 g/mol. The lowest BCUT2D eigenvalue weighted by Gasteiger charge is -2.45. The molecule has 4 nitrogen and oxygen atoms in total. The maximum atomic E-state index is 11.0. The van der Waals surface area contributed by atoms with Gasteiger partial charge in [-0.25, -0.2) is 0 Å². The molecule has 2 bridgehead atoms. The molecule has 0 amide bonds. The van der Waals surface area contributed by atoms with E-state index in [1.165, 1.54) is 0 Å². The molecule has 2 fully saturated rings. The van der Waals surface area contributed by atoms with Crippen LogP contribution in [-0.2, 0) is 10.3 Å². The van der Waals surface area contributed by atoms with E-state index in [1.807, 2.05) is 31.2 Å². The zero-order chi connectivity index (χ0) is 13.3. The third-order valence-corrected chi connectivity index (χ3v) is 3.96. The SMILES string of the molecule is CCOc1cccc(C2(O)CC3COCC(C2)N3)c1. The number of ether oxygens (including phenoxy) is 2. The molecule has 2 heterocycles. The van der Waals surface area contributed by atoms with Gasteiger partial charge in [-0.1, -0.05) is 12.1 Å². The zero-order valence-electron chi connectivity index (χ0n) is 11.3. The van der Waals surface area contributed by atoms with Crippen molar-refractivity contribution in [1.82, 2.24) is 5.32 Å². The number of benzene rings is 1. The Morgan fingerprint density at radius 1 is 1.37 bits per heavy atom. The summed E-state index contributed by atoms with van der Waals surface area (Å²) in [7, 11) is 0. The summed E-state index contributed by atoms with van der Waals surface area (Å²) in [5, 5.41) is 14.5. The molecular weight excluding hydrogens is 242 g/mol. The third kappa shape index (κ3) is 2.61. The molecule has 2 atom stereocenters. The van der Waals surface area contributed by atoms with Crippen molar-refractivity contribution in [2.75, 3.05) is 19.8 Å². The van der Waals surface area contributed by atoms with Gasteiger partial charge in [0.2, 0.25) is 0 Å². The summed E-state index contributed by atoms with van der Waals surface area (Å²) in [6.45, 7) is 3.98. The molecule has 104 valence electrons. The fraction of sp³-hybridized carbons (Fsp3) is 0.600. The van der Waals surface area contributed by atoms with Crippen molar-refractivity contribution < 1.29 is 14.6 Å². The van der Waals surface area contributed by atoms with Gasteiger partial charge in [0.25, 0.3) is 0 Å². The van der Waals surface area contributed by atoms with Crippen LogP contribution in [0.1, 0.15) is 25.3 Å². The molecule has 1 aromatic rings. The van der Waals surface area contributed by atoms with E-state index in [4.69, 9.17) is 9.47 Å². The second-order valence-electron chi connectivity index (χ2n) is 5.50. The molecule has 3 rings (SSSR count). The van der Waals surface area contributed by atoms with Crippen LogP contribution in [0.5, 0.6) is 5.75 Å². The predicted molar refractivity (Wildman–Crippen MR) is 72.3 cm³/mol. The van der Waals surface area contributed by atoms with E-state index >= 15 is 0 Å². The summed E-state index contributed by atoms with van der Waals surface area (Å²) in [5.74, 6) is 0.827. The van der Waals surface area contributed by atoms with E-state index in [9.17, 15) is 5.11 Å². The number of rotatable bonds is 3. The fourth-order valence-corrected chi connectivity index (χ4v) is 3.19. The maximum absolute atomic E-state index is 11.0. The maximum Gasteiger partial charge on any atom is 0.119 e. The topological polar surface area (TPSA) is 50.7 Å². The second kappa shape index (κ2) is 5.12. The summed E-state index contributed by atoms with van der Waals surface area (Å²) < 4.78 is 11.1. The van der Waals surface area contributed by atoms with Crippen molar-refractivity contribution in [3.63, 3.8) is 0 Å². The standard InChI is InChI=1S/C15H21NO3/c1-2-19-14-5-3-4-11(6-14)15(17)7-12-9-18-10-13(8-15)16-12/h3-6,12-13,16-17H,2,7-10H2,1H3. The lowest BCUT2D eigenvalue weighted by Crippen LogP contribution is -2.58. The van der Waals surface area contributed by atoms with Crippen molar-refractivity contribution in [2.45, 2.75) is 37.5 Å². The monoisotopic (exact) mass is 263 g/mol. The Kier molecular flexibility index (Phi) is 3.48. The van der Waals surface area contributed by atoms with Crippen LogP contribution in [0.25, 0.3) is 0 Å². The highest BCUT2D eigenvalue weighted by Gasteiger charge is 2.42. The van der Waals surface area contributed by atoms with E-state index in [-0.39, 0.29) is 12.1 Å². The first-order chi connectivity index (χ1) is 9.19. The largest absolute Gasteiger partial charge is 0.494 e. The van der Waals surface area contributed by atoms with Gasteiger partial charge in [0.1, 0.15) is 5.75 Å². The molecule has 2 aliphatic rings. The van der Waals surface area contributed by atoms with Gasteiger partial charge in [0, 0.05) is 12.1 Å². The Bertz CT molecular complexity index is 437. The van der Waals surface area contributed by atoms with Crippen LogP contribution >= 0.6 is 0 Å². The quantitative estimate of drug-likeness (QED) is 0.866. The number of hydrogen-bond acceptors (Lipinski definition) is 4. The van der Waals surface area contributed by atoms with Crippen molar-refractivity contribution in [3.05, 3.63) is 29.8 Å². The third-order valence-electron chi connectivity index (χ3n) is 3.96. The summed E-state index contributed by atoms with van der Waals surface area (Å²) in [6.07, 6.45) is 1.39. The molecular formula is C15H21NO3. The normalized spacial score (nSPS) is 34.0. The molecule has 2 N–H and O–H groups in total. The average Bonchev–Trinajstić information content (AvgIpc) is 2.39. The summed E-state index contributed by atoms with van der Waals surface area (Å²) in [6, 6.07) is 8.32. The van der Waals surface area contributed by atoms with Crippen molar-refractivity contribution in [1.29, 1.82) is 0 Å². The molecule has 19 heavy (non-hydrogen) atoms. The second-order valence-corrected chi connectivity index (χ2v) is 5.50. The Balaban J connectivity index is 1.85. The molecule has 0 saturated carbocycles. The Labute approximate surface area is 113 Å². The number of hydrogen-bond donors (Lipinski definition) is 2. The zero-order valence-corrected chi connectivity index (χ0v) is 11.3. The molecule has 0 spiro atoms. The van der Waals surface area contributed by atoms with Gasteiger partial charge >= 0.3 is 0 Å². The number of morpholine rings is 1. The first-order valence-electron chi connectivity index (χ1n) is 6.99. The van der Waals surface area contributed by atoms with E-state index in [1.54, 1.807) is 0 Å². The molecule has 2 aliphatic heterocycles. The fourth-order valence-electron chi connectivity index (χ4n) is 3.19. The molecule has 0 radical (unpaired) electrons. The summed E-state index contributed by atoms with van der Waals surface area (Å²) in [5.41, 5.74) is 0.189. The highest BCUT2D eigenvalue weighted by molar-refractivity contribution is 5.33. The molecule has 2 unspecified atom stereocenters. The number of piperidine rings is 1. The van der Waals surface area contributed by atoms with Crippen LogP contribution in [0.2, 0.25) is 0 Å². The number of aliphatic hydroxyl groups is 1. The van der Waals surface area contributed by atoms with Gasteiger partial charge in [0.15, 0.2) is 0 Å². The van der Waals surface area contributed by atoms with Gasteiger partial charge in [-0.15, -0.1) is 0 Å². The van der Waals surface area contributed by atoms with E-state index in [2.05, 4.69) is 5.32 Å². The minimum Gasteiger partial charge on any atom is -0.494 e. The smallest absolute Gasteiger partial charge is 0.119 e. The van der Waals surface area contributed by atoms with Crippen LogP contribution in [0.3, 0.4) is 0 Å². The first-order valence-corrected chi connectivity index (χ1v) is 6.99. The molecule has 4 heteroatoms. The molecule has 0 aliphatic carbocycles. The number of fused-ring (bicyclic) bond motifs is 2. The van der Waals surface area contributed by atoms with Gasteiger partial charge in [0.05, 0.1) is 25.4 Å². The van der Waals surface area contributed by atoms with Gasteiger partial charge < -0.3 is 19.9 Å². The van der Waals surface area contributed by atoms with Crippen LogP contribution in [0.4, 0.5) is 0 Å². The lowest BCUT2D eigenvalue weighted by molar-refractivity contribution is -0.0803. The highest BCUT2D eigenvalue weighted by Crippen LogP contribution is 2.37. The van der Waals surface area contributed by atoms with Crippen LogP contribution < -0.4 is 10.1 Å². The first kappa shape index (κ1) is 12.9. The van der Waals surface area contributed by atoms with E-state index in [0.717, 1.165) is 11.3 Å². The minimum atomic E-state index is -0.766. The molecule has 2 saturated heterocycles. The molecule has 1 aromatic carbocycles. The van der Waals surface area contributed by atoms with Crippen molar-refractivity contribution in [3.8, 4) is 5.75 Å². The van der Waals surface area contributed by atoms with Crippen LogP contribution in [-0.4, -0.2) is 37.0 Å². The van der Waals surface area contributed by atoms with E-state index in [0.29, 0.717) is 32.7 Å². The predicted octanol–water partition coefficient (Wildman–Crippen LogP) is 1.42. The van der Waals surface area contributed by atoms with Crippen molar-refractivity contribution >= 4 is 0 Å². The van der Waals surface area contributed by atoms with Gasteiger partial charge in [-0.05, 0) is 37.5 Å². The molecule has 0 aromatic heterocycles. The number of nitrogens with one attached hydrogen (secondary N) is 1. The van der Waals surface area contributed by atoms with Gasteiger partial charge in [-0.3, -0.25) is 0 Å².